The van der Waals surface area contributed by atoms with Crippen molar-refractivity contribution in [2.45, 2.75) is 12.8 Å². The average molecular weight is 220 g/mol. The van der Waals surface area contributed by atoms with Gasteiger partial charge in [0, 0.05) is 17.7 Å². The highest BCUT2D eigenvalue weighted by molar-refractivity contribution is 5.97. The number of aromatic nitrogens is 1. The first-order chi connectivity index (χ1) is 7.70. The van der Waals surface area contributed by atoms with Crippen LogP contribution in [0.15, 0.2) is 23.5 Å². The van der Waals surface area contributed by atoms with Crippen LogP contribution in [-0.4, -0.2) is 21.9 Å². The Labute approximate surface area is 92.2 Å². The van der Waals surface area contributed by atoms with Gasteiger partial charge < -0.3 is 16.3 Å². The SMILES string of the molecule is N/C(=N\O)c1ccc(NC(=O)C2CC2)nc1. The van der Waals surface area contributed by atoms with Gasteiger partial charge in [0.25, 0.3) is 0 Å². The molecule has 16 heavy (non-hydrogen) atoms. The van der Waals surface area contributed by atoms with Gasteiger partial charge in [-0.3, -0.25) is 4.79 Å². The summed E-state index contributed by atoms with van der Waals surface area (Å²) in [7, 11) is 0. The van der Waals surface area contributed by atoms with Crippen LogP contribution in [-0.2, 0) is 4.79 Å². The number of carbonyl (C=O) groups is 1. The van der Waals surface area contributed by atoms with E-state index in [1.807, 2.05) is 0 Å². The Kier molecular flexibility index (Phi) is 2.72. The minimum Gasteiger partial charge on any atom is -0.409 e. The van der Waals surface area contributed by atoms with E-state index in [1.54, 1.807) is 12.1 Å². The van der Waals surface area contributed by atoms with Crippen molar-refractivity contribution in [3.05, 3.63) is 23.9 Å². The lowest BCUT2D eigenvalue weighted by Crippen LogP contribution is -2.16. The van der Waals surface area contributed by atoms with E-state index in [0.717, 1.165) is 12.8 Å². The Morgan fingerprint density at radius 3 is 2.81 bits per heavy atom. The van der Waals surface area contributed by atoms with Crippen molar-refractivity contribution in [3.8, 4) is 0 Å². The summed E-state index contributed by atoms with van der Waals surface area (Å²) < 4.78 is 0. The van der Waals surface area contributed by atoms with E-state index in [0.29, 0.717) is 11.4 Å². The van der Waals surface area contributed by atoms with Crippen LogP contribution in [0.5, 0.6) is 0 Å². The molecule has 1 heterocycles. The van der Waals surface area contributed by atoms with Crippen LogP contribution in [0.25, 0.3) is 0 Å². The molecule has 1 aromatic heterocycles. The molecule has 84 valence electrons. The van der Waals surface area contributed by atoms with E-state index in [2.05, 4.69) is 15.5 Å². The van der Waals surface area contributed by atoms with Crippen molar-refractivity contribution in [3.63, 3.8) is 0 Å². The van der Waals surface area contributed by atoms with Crippen molar-refractivity contribution in [2.75, 3.05) is 5.32 Å². The maximum Gasteiger partial charge on any atom is 0.228 e. The van der Waals surface area contributed by atoms with Gasteiger partial charge in [0.2, 0.25) is 5.91 Å². The Hall–Kier alpha value is -2.11. The summed E-state index contributed by atoms with van der Waals surface area (Å²) in [5.41, 5.74) is 5.88. The summed E-state index contributed by atoms with van der Waals surface area (Å²) >= 11 is 0. The Balaban J connectivity index is 2.04. The topological polar surface area (TPSA) is 101 Å². The van der Waals surface area contributed by atoms with Gasteiger partial charge in [-0.1, -0.05) is 5.16 Å². The summed E-state index contributed by atoms with van der Waals surface area (Å²) in [5.74, 6) is 0.619. The number of pyridine rings is 1. The molecule has 0 unspecified atom stereocenters. The number of amides is 1. The van der Waals surface area contributed by atoms with Gasteiger partial charge in [0.15, 0.2) is 5.84 Å². The van der Waals surface area contributed by atoms with Crippen LogP contribution in [0.4, 0.5) is 5.82 Å². The zero-order chi connectivity index (χ0) is 11.5. The van der Waals surface area contributed by atoms with E-state index in [9.17, 15) is 4.79 Å². The molecule has 1 aliphatic carbocycles. The number of amidine groups is 1. The van der Waals surface area contributed by atoms with Gasteiger partial charge in [-0.25, -0.2) is 4.98 Å². The molecule has 1 fully saturated rings. The number of nitrogens with two attached hydrogens (primary N) is 1. The zero-order valence-electron chi connectivity index (χ0n) is 8.55. The Bertz CT molecular complexity index is 423. The summed E-state index contributed by atoms with van der Waals surface area (Å²) in [4.78, 5) is 15.4. The molecule has 0 aromatic carbocycles. The van der Waals surface area contributed by atoms with Gasteiger partial charge in [-0.15, -0.1) is 0 Å². The minimum atomic E-state index is -0.00688. The third-order valence-corrected chi connectivity index (χ3v) is 2.37. The maximum absolute atomic E-state index is 11.4. The monoisotopic (exact) mass is 220 g/mol. The minimum absolute atomic E-state index is 0.00375. The van der Waals surface area contributed by atoms with Crippen molar-refractivity contribution in [1.29, 1.82) is 0 Å². The molecular formula is C10H12N4O2. The van der Waals surface area contributed by atoms with Crippen molar-refractivity contribution in [2.24, 2.45) is 16.8 Å². The average Bonchev–Trinajstić information content (AvgIpc) is 3.13. The number of hydrogen-bond acceptors (Lipinski definition) is 4. The largest absolute Gasteiger partial charge is 0.409 e. The first-order valence-corrected chi connectivity index (χ1v) is 4.95. The summed E-state index contributed by atoms with van der Waals surface area (Å²) in [6, 6.07) is 3.25. The molecule has 1 amide bonds. The van der Waals surface area contributed by atoms with Gasteiger partial charge in [0.1, 0.15) is 5.82 Å². The highest BCUT2D eigenvalue weighted by Gasteiger charge is 2.29. The molecule has 0 atom stereocenters. The molecule has 6 heteroatoms. The highest BCUT2D eigenvalue weighted by Crippen LogP contribution is 2.29. The molecular weight excluding hydrogens is 208 g/mol. The van der Waals surface area contributed by atoms with Crippen molar-refractivity contribution >= 4 is 17.6 Å². The summed E-state index contributed by atoms with van der Waals surface area (Å²) in [5, 5.41) is 14.0. The number of anilines is 1. The normalized spacial score (nSPS) is 15.9. The fourth-order valence-corrected chi connectivity index (χ4v) is 1.25. The standard InChI is InChI=1S/C10H12N4O2/c11-9(14-16)7-3-4-8(12-5-7)13-10(15)6-1-2-6/h3-6,16H,1-2H2,(H2,11,14)(H,12,13,15). The van der Waals surface area contributed by atoms with Gasteiger partial charge in [0.05, 0.1) is 0 Å². The number of nitrogens with one attached hydrogen (secondary N) is 1. The first kappa shape index (κ1) is 10.4. The number of hydrogen-bond donors (Lipinski definition) is 3. The lowest BCUT2D eigenvalue weighted by Gasteiger charge is -2.03. The van der Waals surface area contributed by atoms with Gasteiger partial charge in [-0.05, 0) is 25.0 Å². The number of oxime groups is 1. The summed E-state index contributed by atoms with van der Waals surface area (Å²) in [6.07, 6.45) is 3.35. The molecule has 0 aliphatic heterocycles. The van der Waals surface area contributed by atoms with Crippen LogP contribution in [0.1, 0.15) is 18.4 Å². The van der Waals surface area contributed by atoms with Crippen molar-refractivity contribution < 1.29 is 10.0 Å². The van der Waals surface area contributed by atoms with Gasteiger partial charge in [-0.2, -0.15) is 0 Å². The molecule has 4 N–H and O–H groups in total. The predicted molar refractivity (Wildman–Crippen MR) is 58.1 cm³/mol. The molecule has 1 aromatic rings. The fraction of sp³-hybridized carbons (Fsp3) is 0.300. The lowest BCUT2D eigenvalue weighted by molar-refractivity contribution is -0.117. The quantitative estimate of drug-likeness (QED) is 0.299. The first-order valence-electron chi connectivity index (χ1n) is 4.95. The third-order valence-electron chi connectivity index (χ3n) is 2.37. The van der Waals surface area contributed by atoms with Crippen LogP contribution >= 0.6 is 0 Å². The smallest absolute Gasteiger partial charge is 0.228 e. The second-order valence-electron chi connectivity index (χ2n) is 3.68. The predicted octanol–water partition coefficient (Wildman–Crippen LogP) is 0.525. The van der Waals surface area contributed by atoms with Crippen LogP contribution in [0.2, 0.25) is 0 Å². The fourth-order valence-electron chi connectivity index (χ4n) is 1.25. The molecule has 2 rings (SSSR count). The molecule has 0 radical (unpaired) electrons. The zero-order valence-corrected chi connectivity index (χ0v) is 8.55. The van der Waals surface area contributed by atoms with E-state index < -0.39 is 0 Å². The second kappa shape index (κ2) is 4.18. The lowest BCUT2D eigenvalue weighted by atomic mass is 10.2. The second-order valence-corrected chi connectivity index (χ2v) is 3.68. The molecule has 1 aliphatic rings. The maximum atomic E-state index is 11.4. The summed E-state index contributed by atoms with van der Waals surface area (Å²) in [6.45, 7) is 0. The van der Waals surface area contributed by atoms with Crippen LogP contribution < -0.4 is 11.1 Å². The molecule has 0 bridgehead atoms. The molecule has 0 spiro atoms. The Morgan fingerprint density at radius 2 is 2.31 bits per heavy atom. The highest BCUT2D eigenvalue weighted by atomic mass is 16.4. The molecule has 0 saturated heterocycles. The van der Waals surface area contributed by atoms with E-state index in [1.165, 1.54) is 6.20 Å². The number of carbonyl (C=O) groups excluding carboxylic acids is 1. The van der Waals surface area contributed by atoms with Gasteiger partial charge >= 0.3 is 0 Å². The third kappa shape index (κ3) is 2.28. The van der Waals surface area contributed by atoms with Crippen molar-refractivity contribution in [1.82, 2.24) is 4.98 Å². The molecule has 1 saturated carbocycles. The number of rotatable bonds is 3. The van der Waals surface area contributed by atoms with E-state index >= 15 is 0 Å². The van der Waals surface area contributed by atoms with Crippen LogP contribution in [0, 0.1) is 5.92 Å². The van der Waals surface area contributed by atoms with E-state index in [-0.39, 0.29) is 17.7 Å². The van der Waals surface area contributed by atoms with Crippen LogP contribution in [0.3, 0.4) is 0 Å². The number of nitrogens with zero attached hydrogens (tertiary/aromatic N) is 2. The van der Waals surface area contributed by atoms with E-state index in [4.69, 9.17) is 10.9 Å². The Morgan fingerprint density at radius 1 is 1.56 bits per heavy atom. The molecule has 6 nitrogen and oxygen atoms in total.